The predicted octanol–water partition coefficient (Wildman–Crippen LogP) is 4.76. The molecule has 0 fully saturated rings. The van der Waals surface area contributed by atoms with Gasteiger partial charge < -0.3 is 20.1 Å². The van der Waals surface area contributed by atoms with Crippen molar-refractivity contribution >= 4 is 34.6 Å². The molecule has 0 spiro atoms. The van der Waals surface area contributed by atoms with Gasteiger partial charge in [0.2, 0.25) is 0 Å². The second-order valence-electron chi connectivity index (χ2n) is 5.59. The number of halogens is 2. The first-order valence-corrected chi connectivity index (χ1v) is 8.51. The largest absolute Gasteiger partial charge is 0.493 e. The number of rotatable bonds is 6. The zero-order valence-corrected chi connectivity index (χ0v) is 15.8. The zero-order valence-electron chi connectivity index (χ0n) is 14.2. The zero-order chi connectivity index (χ0) is 18.4. The molecule has 0 heterocycles. The van der Waals surface area contributed by atoms with Crippen molar-refractivity contribution in [3.05, 3.63) is 52.8 Å². The van der Waals surface area contributed by atoms with Crippen LogP contribution < -0.4 is 20.1 Å². The van der Waals surface area contributed by atoms with Gasteiger partial charge in [-0.3, -0.25) is 0 Å². The Hall–Kier alpha value is -2.05. The molecular formula is C18H20ClFN2O2S. The maximum Gasteiger partial charge on any atom is 0.171 e. The Balaban J connectivity index is 1.95. The molecule has 0 aliphatic rings. The maximum absolute atomic E-state index is 13.2. The van der Waals surface area contributed by atoms with E-state index in [0.717, 1.165) is 5.56 Å². The van der Waals surface area contributed by atoms with Crippen LogP contribution in [-0.2, 0) is 6.54 Å². The summed E-state index contributed by atoms with van der Waals surface area (Å²) in [5, 5.41) is 6.49. The van der Waals surface area contributed by atoms with Crippen LogP contribution in [-0.4, -0.2) is 18.3 Å². The smallest absolute Gasteiger partial charge is 0.171 e. The van der Waals surface area contributed by atoms with E-state index in [1.165, 1.54) is 12.1 Å². The number of nitrogens with one attached hydrogen (secondary N) is 2. The van der Waals surface area contributed by atoms with Crippen LogP contribution in [0.3, 0.4) is 0 Å². The van der Waals surface area contributed by atoms with Crippen LogP contribution in [0.15, 0.2) is 36.4 Å². The van der Waals surface area contributed by atoms with Gasteiger partial charge in [0.1, 0.15) is 5.82 Å². The minimum atomic E-state index is -0.470. The Labute approximate surface area is 157 Å². The van der Waals surface area contributed by atoms with E-state index >= 15 is 0 Å². The number of hydrogen-bond donors (Lipinski definition) is 2. The Kier molecular flexibility index (Phi) is 6.84. The number of anilines is 1. The number of hydrogen-bond acceptors (Lipinski definition) is 3. The topological polar surface area (TPSA) is 42.5 Å². The minimum absolute atomic E-state index is 0.0401. The van der Waals surface area contributed by atoms with E-state index in [1.807, 2.05) is 32.0 Å². The van der Waals surface area contributed by atoms with E-state index in [1.54, 1.807) is 13.2 Å². The second kappa shape index (κ2) is 8.87. The molecule has 0 radical (unpaired) electrons. The third kappa shape index (κ3) is 5.76. The van der Waals surface area contributed by atoms with E-state index in [-0.39, 0.29) is 11.1 Å². The normalized spacial score (nSPS) is 10.5. The molecule has 2 N–H and O–H groups in total. The lowest BCUT2D eigenvalue weighted by atomic mass is 10.2. The maximum atomic E-state index is 13.2. The van der Waals surface area contributed by atoms with Crippen molar-refractivity contribution in [2.24, 2.45) is 0 Å². The third-order valence-electron chi connectivity index (χ3n) is 3.22. The van der Waals surface area contributed by atoms with Crippen LogP contribution in [0.4, 0.5) is 10.1 Å². The van der Waals surface area contributed by atoms with Gasteiger partial charge >= 0.3 is 0 Å². The first-order chi connectivity index (χ1) is 11.9. The molecule has 25 heavy (non-hydrogen) atoms. The van der Waals surface area contributed by atoms with Crippen molar-refractivity contribution in [3.63, 3.8) is 0 Å². The molecule has 0 amide bonds. The van der Waals surface area contributed by atoms with Crippen LogP contribution in [0.2, 0.25) is 5.02 Å². The molecule has 2 aromatic carbocycles. The van der Waals surface area contributed by atoms with Gasteiger partial charge in [0.15, 0.2) is 16.6 Å². The Bertz CT molecular complexity index is 756. The highest BCUT2D eigenvalue weighted by atomic mass is 35.5. The van der Waals surface area contributed by atoms with Gasteiger partial charge in [-0.2, -0.15) is 0 Å². The summed E-state index contributed by atoms with van der Waals surface area (Å²) in [4.78, 5) is 0. The number of benzene rings is 2. The number of methoxy groups -OCH3 is 1. The van der Waals surface area contributed by atoms with E-state index in [9.17, 15) is 4.39 Å². The second-order valence-corrected chi connectivity index (χ2v) is 6.40. The van der Waals surface area contributed by atoms with Crippen molar-refractivity contribution in [1.82, 2.24) is 5.32 Å². The van der Waals surface area contributed by atoms with Crippen LogP contribution in [0, 0.1) is 5.82 Å². The quantitative estimate of drug-likeness (QED) is 0.705. The van der Waals surface area contributed by atoms with Crippen molar-refractivity contribution in [2.45, 2.75) is 26.5 Å². The summed E-state index contributed by atoms with van der Waals surface area (Å²) < 4.78 is 24.2. The summed E-state index contributed by atoms with van der Waals surface area (Å²) in [5.74, 6) is 0.891. The van der Waals surface area contributed by atoms with Gasteiger partial charge in [-0.1, -0.05) is 17.7 Å². The summed E-state index contributed by atoms with van der Waals surface area (Å²) in [6.45, 7) is 4.42. The Morgan fingerprint density at radius 3 is 2.60 bits per heavy atom. The molecule has 0 aliphatic heterocycles. The predicted molar refractivity (Wildman–Crippen MR) is 103 cm³/mol. The Morgan fingerprint density at radius 1 is 1.20 bits per heavy atom. The standard InChI is InChI=1S/C18H20ClFN2O2S/c1-11(2)24-16-7-4-12(8-17(16)23-3)10-21-18(25)22-13-5-6-15(20)14(19)9-13/h4-9,11H,10H2,1-3H3,(H2,21,22,25). The monoisotopic (exact) mass is 382 g/mol. The summed E-state index contributed by atoms with van der Waals surface area (Å²) >= 11 is 11.0. The highest BCUT2D eigenvalue weighted by Crippen LogP contribution is 2.29. The highest BCUT2D eigenvalue weighted by molar-refractivity contribution is 7.80. The van der Waals surface area contributed by atoms with Gasteiger partial charge in [-0.05, 0) is 62.0 Å². The summed E-state index contributed by atoms with van der Waals surface area (Å²) in [6, 6.07) is 10.0. The minimum Gasteiger partial charge on any atom is -0.493 e. The lowest BCUT2D eigenvalue weighted by Gasteiger charge is -2.15. The van der Waals surface area contributed by atoms with Crippen LogP contribution >= 0.6 is 23.8 Å². The molecular weight excluding hydrogens is 363 g/mol. The molecule has 0 aromatic heterocycles. The van der Waals surface area contributed by atoms with Crippen LogP contribution in [0.25, 0.3) is 0 Å². The van der Waals surface area contributed by atoms with E-state index in [4.69, 9.17) is 33.3 Å². The number of thiocarbonyl (C=S) groups is 1. The van der Waals surface area contributed by atoms with Crippen molar-refractivity contribution < 1.29 is 13.9 Å². The molecule has 0 unspecified atom stereocenters. The van der Waals surface area contributed by atoms with E-state index < -0.39 is 5.82 Å². The SMILES string of the molecule is COc1cc(CNC(=S)Nc2ccc(F)c(Cl)c2)ccc1OC(C)C. The molecule has 2 aromatic rings. The fourth-order valence-electron chi connectivity index (χ4n) is 2.10. The molecule has 0 bridgehead atoms. The molecule has 134 valence electrons. The molecule has 0 atom stereocenters. The average Bonchev–Trinajstić information content (AvgIpc) is 2.57. The lowest BCUT2D eigenvalue weighted by molar-refractivity contribution is 0.230. The van der Waals surface area contributed by atoms with Crippen molar-refractivity contribution in [2.75, 3.05) is 12.4 Å². The molecule has 0 saturated heterocycles. The first-order valence-electron chi connectivity index (χ1n) is 7.72. The van der Waals surface area contributed by atoms with Gasteiger partial charge in [-0.25, -0.2) is 4.39 Å². The van der Waals surface area contributed by atoms with Crippen molar-refractivity contribution in [3.8, 4) is 11.5 Å². The van der Waals surface area contributed by atoms with Gasteiger partial charge in [0.05, 0.1) is 18.2 Å². The Morgan fingerprint density at radius 2 is 1.96 bits per heavy atom. The van der Waals surface area contributed by atoms with Gasteiger partial charge in [0.25, 0.3) is 0 Å². The summed E-state index contributed by atoms with van der Waals surface area (Å²) in [5.41, 5.74) is 1.59. The third-order valence-corrected chi connectivity index (χ3v) is 3.76. The molecule has 7 heteroatoms. The summed E-state index contributed by atoms with van der Waals surface area (Å²) in [6.07, 6.45) is 0.0668. The fourth-order valence-corrected chi connectivity index (χ4v) is 2.48. The van der Waals surface area contributed by atoms with Crippen molar-refractivity contribution in [1.29, 1.82) is 0 Å². The van der Waals surface area contributed by atoms with Crippen LogP contribution in [0.1, 0.15) is 19.4 Å². The highest BCUT2D eigenvalue weighted by Gasteiger charge is 2.08. The van der Waals surface area contributed by atoms with Gasteiger partial charge in [0, 0.05) is 12.2 Å². The molecule has 0 saturated carbocycles. The average molecular weight is 383 g/mol. The first kappa shape index (κ1) is 19.3. The summed E-state index contributed by atoms with van der Waals surface area (Å²) in [7, 11) is 1.60. The van der Waals surface area contributed by atoms with Gasteiger partial charge in [-0.15, -0.1) is 0 Å². The van der Waals surface area contributed by atoms with Crippen LogP contribution in [0.5, 0.6) is 11.5 Å². The molecule has 0 aliphatic carbocycles. The fraction of sp³-hybridized carbons (Fsp3) is 0.278. The molecule has 2 rings (SSSR count). The van der Waals surface area contributed by atoms with E-state index in [0.29, 0.717) is 28.8 Å². The van der Waals surface area contributed by atoms with E-state index in [2.05, 4.69) is 10.6 Å². The lowest BCUT2D eigenvalue weighted by Crippen LogP contribution is -2.27. The molecule has 4 nitrogen and oxygen atoms in total. The number of ether oxygens (including phenoxy) is 2.